The van der Waals surface area contributed by atoms with E-state index in [1.54, 1.807) is 0 Å². The number of rotatable bonds is 4. The van der Waals surface area contributed by atoms with Crippen molar-refractivity contribution in [2.45, 2.75) is 23.6 Å². The summed E-state index contributed by atoms with van der Waals surface area (Å²) in [6, 6.07) is 19.4. The zero-order valence-electron chi connectivity index (χ0n) is 12.3. The summed E-state index contributed by atoms with van der Waals surface area (Å²) in [6.07, 6.45) is 0. The van der Waals surface area contributed by atoms with Gasteiger partial charge in [0.2, 0.25) is 0 Å². The molecular weight excluding hydrogens is 440 g/mol. The van der Waals surface area contributed by atoms with Crippen molar-refractivity contribution in [3.05, 3.63) is 59.1 Å². The Labute approximate surface area is 172 Å². The number of hydrogen-bond acceptors (Lipinski definition) is 2. The van der Waals surface area contributed by atoms with E-state index in [2.05, 4.69) is 72.2 Å². The maximum absolute atomic E-state index is 3.39. The van der Waals surface area contributed by atoms with Crippen LogP contribution in [-0.4, -0.2) is 34.6 Å². The van der Waals surface area contributed by atoms with Gasteiger partial charge in [-0.15, -0.1) is 16.7 Å². The van der Waals surface area contributed by atoms with Gasteiger partial charge in [0.25, 0.3) is 0 Å². The minimum absolute atomic E-state index is 0. The van der Waals surface area contributed by atoms with Crippen molar-refractivity contribution in [3.8, 4) is 0 Å². The molecule has 110 valence electrons. The molecule has 0 fully saturated rings. The molecule has 0 aliphatic rings. The van der Waals surface area contributed by atoms with Crippen molar-refractivity contribution < 1.29 is 17.0 Å². The summed E-state index contributed by atoms with van der Waals surface area (Å²) in [6.45, 7) is 4.31. The van der Waals surface area contributed by atoms with Gasteiger partial charge in [0, 0.05) is 9.37 Å². The van der Waals surface area contributed by atoms with E-state index in [1.165, 1.54) is 9.79 Å². The maximum atomic E-state index is 3.39. The van der Waals surface area contributed by atoms with E-state index in [9.17, 15) is 0 Å². The van der Waals surface area contributed by atoms with Gasteiger partial charge < -0.3 is 17.0 Å². The molecule has 0 saturated heterocycles. The largest absolute Gasteiger partial charge is 2.00 e. The second kappa shape index (κ2) is 15.8. The summed E-state index contributed by atoms with van der Waals surface area (Å²) in [5, 5.41) is 0. The SMILES string of the molecule is CCSc1cc[c-]cc1.CCSc1ccc(Br)cc1.[Br-].[Mg+2]. The molecule has 0 aliphatic heterocycles. The molecule has 0 aromatic heterocycles. The molecule has 0 bridgehead atoms. The van der Waals surface area contributed by atoms with E-state index in [-0.39, 0.29) is 40.0 Å². The molecule has 0 unspecified atom stereocenters. The second-order valence-electron chi connectivity index (χ2n) is 3.56. The third-order valence-electron chi connectivity index (χ3n) is 2.12. The molecule has 5 heteroatoms. The molecular formula is C16H18Br2MgS2. The summed E-state index contributed by atoms with van der Waals surface area (Å²) in [5.74, 6) is 2.28. The number of halogens is 2. The van der Waals surface area contributed by atoms with E-state index in [4.69, 9.17) is 0 Å². The van der Waals surface area contributed by atoms with Crippen LogP contribution < -0.4 is 17.0 Å². The van der Waals surface area contributed by atoms with Crippen molar-refractivity contribution in [3.63, 3.8) is 0 Å². The molecule has 21 heavy (non-hydrogen) atoms. The molecule has 0 radical (unpaired) electrons. The Kier molecular flexibility index (Phi) is 18.1. The van der Waals surface area contributed by atoms with Gasteiger partial charge in [-0.05, 0) is 35.8 Å². The molecule has 0 aliphatic carbocycles. The Hall–Kier alpha value is 0.866. The molecule has 2 rings (SSSR count). The summed E-state index contributed by atoms with van der Waals surface area (Å²) >= 11 is 7.11. The first-order valence-electron chi connectivity index (χ1n) is 6.23. The van der Waals surface area contributed by atoms with Crippen LogP contribution in [0.1, 0.15) is 13.8 Å². The fourth-order valence-corrected chi connectivity index (χ4v) is 2.92. The monoisotopic (exact) mass is 456 g/mol. The van der Waals surface area contributed by atoms with Crippen LogP contribution in [0.3, 0.4) is 0 Å². The van der Waals surface area contributed by atoms with Crippen molar-refractivity contribution in [1.29, 1.82) is 0 Å². The minimum Gasteiger partial charge on any atom is -1.00 e. The first-order chi connectivity index (χ1) is 9.26. The Balaban J connectivity index is 0. The van der Waals surface area contributed by atoms with Crippen LogP contribution in [0.4, 0.5) is 0 Å². The van der Waals surface area contributed by atoms with Crippen molar-refractivity contribution in [2.24, 2.45) is 0 Å². The molecule has 0 spiro atoms. The summed E-state index contributed by atoms with van der Waals surface area (Å²) in [5.41, 5.74) is 0. The second-order valence-corrected chi connectivity index (χ2v) is 7.15. The predicted octanol–water partition coefficient (Wildman–Crippen LogP) is 2.78. The zero-order valence-corrected chi connectivity index (χ0v) is 18.5. The molecule has 0 N–H and O–H groups in total. The van der Waals surface area contributed by atoms with Gasteiger partial charge in [-0.25, -0.2) is 0 Å². The average Bonchev–Trinajstić information content (AvgIpc) is 2.44. The van der Waals surface area contributed by atoms with Gasteiger partial charge in [-0.1, -0.05) is 29.8 Å². The molecule has 2 aromatic carbocycles. The van der Waals surface area contributed by atoms with Crippen molar-refractivity contribution >= 4 is 62.5 Å². The van der Waals surface area contributed by atoms with Gasteiger partial charge in [0.05, 0.1) is 0 Å². The normalized spacial score (nSPS) is 8.71. The van der Waals surface area contributed by atoms with E-state index < -0.39 is 0 Å². The van der Waals surface area contributed by atoms with E-state index in [1.807, 2.05) is 35.7 Å². The summed E-state index contributed by atoms with van der Waals surface area (Å²) in [7, 11) is 0. The fourth-order valence-electron chi connectivity index (χ4n) is 1.33. The van der Waals surface area contributed by atoms with Gasteiger partial charge in [-0.3, -0.25) is 0 Å². The van der Waals surface area contributed by atoms with Crippen LogP contribution in [0, 0.1) is 6.07 Å². The van der Waals surface area contributed by atoms with Crippen molar-refractivity contribution in [2.75, 3.05) is 11.5 Å². The Bertz CT molecular complexity index is 450. The first-order valence-corrected chi connectivity index (χ1v) is 9.00. The van der Waals surface area contributed by atoms with E-state index in [0.29, 0.717) is 0 Å². The third-order valence-corrected chi connectivity index (χ3v) is 4.44. The molecule has 2 aromatic rings. The van der Waals surface area contributed by atoms with Crippen molar-refractivity contribution in [1.82, 2.24) is 0 Å². The van der Waals surface area contributed by atoms with Gasteiger partial charge in [0.15, 0.2) is 0 Å². The molecule has 0 amide bonds. The van der Waals surface area contributed by atoms with Crippen LogP contribution >= 0.6 is 39.5 Å². The fraction of sp³-hybridized carbons (Fsp3) is 0.250. The molecule has 0 nitrogen and oxygen atoms in total. The molecule has 0 atom stereocenters. The van der Waals surface area contributed by atoms with Gasteiger partial charge in [0.1, 0.15) is 0 Å². The van der Waals surface area contributed by atoms with Crippen LogP contribution in [0.25, 0.3) is 0 Å². The van der Waals surface area contributed by atoms with Crippen LogP contribution in [0.15, 0.2) is 62.8 Å². The topological polar surface area (TPSA) is 0 Å². The smallest absolute Gasteiger partial charge is 1.00 e. The zero-order chi connectivity index (χ0) is 13.9. The summed E-state index contributed by atoms with van der Waals surface area (Å²) in [4.78, 5) is 2.67. The minimum atomic E-state index is 0. The predicted molar refractivity (Wildman–Crippen MR) is 98.0 cm³/mol. The van der Waals surface area contributed by atoms with E-state index in [0.717, 1.165) is 16.0 Å². The maximum Gasteiger partial charge on any atom is 2.00 e. The molecule has 0 heterocycles. The quantitative estimate of drug-likeness (QED) is 0.393. The molecule has 0 saturated carbocycles. The van der Waals surface area contributed by atoms with Gasteiger partial charge >= 0.3 is 23.1 Å². The Morgan fingerprint density at radius 3 is 1.71 bits per heavy atom. The average molecular weight is 459 g/mol. The van der Waals surface area contributed by atoms with Crippen LogP contribution in [-0.2, 0) is 0 Å². The summed E-state index contributed by atoms with van der Waals surface area (Å²) < 4.78 is 1.15. The number of hydrogen-bond donors (Lipinski definition) is 0. The van der Waals surface area contributed by atoms with Gasteiger partial charge in [-0.2, -0.15) is 42.1 Å². The Morgan fingerprint density at radius 2 is 1.29 bits per heavy atom. The Morgan fingerprint density at radius 1 is 0.857 bits per heavy atom. The standard InChI is InChI=1S/C8H9BrS.C8H9S.BrH.Mg/c1-2-10-8-5-3-7(9)4-6-8;1-2-9-8-6-4-3-5-7-8;;/h3-6H,2H2,1H3;4-7H,2H2,1H3;1H;/q;-1;;+2/p-1. The van der Waals surface area contributed by atoms with Crippen LogP contribution in [0.2, 0.25) is 0 Å². The third kappa shape index (κ3) is 12.0. The first kappa shape index (κ1) is 24.1. The van der Waals surface area contributed by atoms with E-state index >= 15 is 0 Å². The van der Waals surface area contributed by atoms with Crippen LogP contribution in [0.5, 0.6) is 0 Å². The number of thioether (sulfide) groups is 2. The number of benzene rings is 2.